The zero-order chi connectivity index (χ0) is 21.2. The van der Waals surface area contributed by atoms with E-state index in [0.29, 0.717) is 13.1 Å². The van der Waals surface area contributed by atoms with Crippen molar-refractivity contribution in [3.05, 3.63) is 78.4 Å². The molecular weight excluding hydrogens is 411 g/mol. The van der Waals surface area contributed by atoms with Crippen LogP contribution in [0.4, 0.5) is 10.2 Å². The summed E-state index contributed by atoms with van der Waals surface area (Å²) in [7, 11) is 0. The predicted molar refractivity (Wildman–Crippen MR) is 122 cm³/mol. The molecule has 0 unspecified atom stereocenters. The zero-order valence-electron chi connectivity index (χ0n) is 16.8. The normalized spacial score (nSPS) is 14.7. The van der Waals surface area contributed by atoms with E-state index in [1.807, 2.05) is 18.2 Å². The first-order chi connectivity index (χ1) is 15.2. The number of thiophene rings is 1. The summed E-state index contributed by atoms with van der Waals surface area (Å²) >= 11 is 1.65. The Hall–Kier alpha value is -3.32. The topological polar surface area (TPSA) is 58.1 Å². The number of likely N-dealkylation sites (tertiary alicyclic amines) is 1. The molecule has 1 amide bonds. The Labute approximate surface area is 183 Å². The van der Waals surface area contributed by atoms with Crippen LogP contribution in [0.25, 0.3) is 20.7 Å². The smallest absolute Gasteiger partial charge is 0.256 e. The van der Waals surface area contributed by atoms with Crippen molar-refractivity contribution in [3.8, 4) is 10.4 Å². The van der Waals surface area contributed by atoms with Crippen LogP contribution in [0, 0.1) is 5.82 Å². The minimum Gasteiger partial charge on any atom is -0.367 e. The van der Waals surface area contributed by atoms with Crippen molar-refractivity contribution >= 4 is 33.3 Å². The van der Waals surface area contributed by atoms with Gasteiger partial charge in [0.25, 0.3) is 5.91 Å². The average molecular weight is 433 g/mol. The highest BCUT2D eigenvalue weighted by atomic mass is 32.1. The Morgan fingerprint density at radius 2 is 1.77 bits per heavy atom. The number of nitrogens with one attached hydrogen (secondary N) is 1. The third-order valence-electron chi connectivity index (χ3n) is 5.62. The zero-order valence-corrected chi connectivity index (χ0v) is 17.6. The predicted octanol–water partition coefficient (Wildman–Crippen LogP) is 5.21. The van der Waals surface area contributed by atoms with Crippen molar-refractivity contribution in [2.75, 3.05) is 18.4 Å². The third-order valence-corrected chi connectivity index (χ3v) is 6.71. The lowest BCUT2D eigenvalue weighted by molar-refractivity contribution is 0.0713. The quantitative estimate of drug-likeness (QED) is 0.481. The van der Waals surface area contributed by atoms with E-state index >= 15 is 0 Å². The second-order valence-corrected chi connectivity index (χ2v) is 8.64. The molecule has 1 aliphatic heterocycles. The van der Waals surface area contributed by atoms with Crippen molar-refractivity contribution in [1.29, 1.82) is 0 Å². The van der Waals surface area contributed by atoms with Gasteiger partial charge in [0.2, 0.25) is 0 Å². The summed E-state index contributed by atoms with van der Waals surface area (Å²) in [5.74, 6) is 0.108. The van der Waals surface area contributed by atoms with Gasteiger partial charge in [0.05, 0.1) is 10.9 Å². The first-order valence-corrected chi connectivity index (χ1v) is 11.1. The lowest BCUT2D eigenvalue weighted by Gasteiger charge is -2.32. The summed E-state index contributed by atoms with van der Waals surface area (Å²) in [6, 6.07) is 18.7. The van der Waals surface area contributed by atoms with Crippen molar-refractivity contribution in [3.63, 3.8) is 0 Å². The fourth-order valence-electron chi connectivity index (χ4n) is 3.94. The Morgan fingerprint density at radius 3 is 2.55 bits per heavy atom. The molecule has 1 saturated heterocycles. The molecule has 156 valence electrons. The molecule has 0 spiro atoms. The van der Waals surface area contributed by atoms with Gasteiger partial charge in [-0.1, -0.05) is 42.5 Å². The van der Waals surface area contributed by atoms with Crippen molar-refractivity contribution in [1.82, 2.24) is 14.9 Å². The molecule has 31 heavy (non-hydrogen) atoms. The maximum Gasteiger partial charge on any atom is 0.256 e. The first kappa shape index (κ1) is 19.6. The summed E-state index contributed by atoms with van der Waals surface area (Å²) in [5, 5.41) is 4.55. The Bertz CT molecular complexity index is 1220. The Balaban J connectivity index is 1.29. The van der Waals surface area contributed by atoms with Gasteiger partial charge < -0.3 is 10.2 Å². The molecular formula is C24H21FN4OS. The molecule has 0 atom stereocenters. The fraction of sp³-hybridized carbons (Fsp3) is 0.208. The monoisotopic (exact) mass is 432 g/mol. The first-order valence-electron chi connectivity index (χ1n) is 10.3. The summed E-state index contributed by atoms with van der Waals surface area (Å²) in [4.78, 5) is 25.4. The van der Waals surface area contributed by atoms with Crippen molar-refractivity contribution < 1.29 is 9.18 Å². The number of carbonyl (C=O) groups is 1. The number of piperidine rings is 1. The number of nitrogens with zero attached hydrogens (tertiary/aromatic N) is 3. The van der Waals surface area contributed by atoms with Crippen molar-refractivity contribution in [2.45, 2.75) is 18.9 Å². The number of amides is 1. The van der Waals surface area contributed by atoms with Crippen LogP contribution >= 0.6 is 11.3 Å². The third kappa shape index (κ3) is 4.01. The lowest BCUT2D eigenvalue weighted by Crippen LogP contribution is -2.42. The molecule has 3 heterocycles. The van der Waals surface area contributed by atoms with Gasteiger partial charge in [0.15, 0.2) is 0 Å². The van der Waals surface area contributed by atoms with E-state index in [9.17, 15) is 9.18 Å². The molecule has 7 heteroatoms. The molecule has 0 radical (unpaired) electrons. The highest BCUT2D eigenvalue weighted by Gasteiger charge is 2.25. The fourth-order valence-corrected chi connectivity index (χ4v) is 4.94. The van der Waals surface area contributed by atoms with E-state index in [2.05, 4.69) is 33.5 Å². The van der Waals surface area contributed by atoms with Crippen LogP contribution in [0.15, 0.2) is 67.0 Å². The lowest BCUT2D eigenvalue weighted by atomic mass is 10.0. The number of aromatic nitrogens is 2. The van der Waals surface area contributed by atoms with Gasteiger partial charge in [0.1, 0.15) is 22.8 Å². The molecule has 0 bridgehead atoms. The van der Waals surface area contributed by atoms with Crippen LogP contribution in [-0.4, -0.2) is 39.9 Å². The molecule has 5 nitrogen and oxygen atoms in total. The van der Waals surface area contributed by atoms with E-state index in [4.69, 9.17) is 0 Å². The van der Waals surface area contributed by atoms with E-state index in [1.54, 1.807) is 40.8 Å². The Morgan fingerprint density at radius 1 is 1.03 bits per heavy atom. The van der Waals surface area contributed by atoms with Crippen LogP contribution < -0.4 is 5.32 Å². The molecule has 0 saturated carbocycles. The van der Waals surface area contributed by atoms with Gasteiger partial charge in [0, 0.05) is 24.0 Å². The number of hydrogen-bond acceptors (Lipinski definition) is 5. The second kappa shape index (κ2) is 8.43. The van der Waals surface area contributed by atoms with Crippen molar-refractivity contribution in [2.24, 2.45) is 0 Å². The highest BCUT2D eigenvalue weighted by molar-refractivity contribution is 7.21. The SMILES string of the molecule is O=C(c1ccccc1F)N1CCC(Nc2ncnc3sc(-c4ccccc4)cc23)CC1. The maximum absolute atomic E-state index is 14.0. The van der Waals surface area contributed by atoms with Gasteiger partial charge in [-0.15, -0.1) is 11.3 Å². The molecule has 2 aromatic heterocycles. The van der Waals surface area contributed by atoms with Crippen LogP contribution in [0.3, 0.4) is 0 Å². The van der Waals surface area contributed by atoms with E-state index in [0.717, 1.165) is 39.3 Å². The van der Waals surface area contributed by atoms with Crippen LogP contribution in [0.5, 0.6) is 0 Å². The average Bonchev–Trinajstić information content (AvgIpc) is 3.26. The van der Waals surface area contributed by atoms with Gasteiger partial charge in [-0.2, -0.15) is 0 Å². The Kier molecular flexibility index (Phi) is 5.34. The minimum absolute atomic E-state index is 0.137. The summed E-state index contributed by atoms with van der Waals surface area (Å²) in [5.41, 5.74) is 1.30. The largest absolute Gasteiger partial charge is 0.367 e. The van der Waals surface area contributed by atoms with Crippen LogP contribution in [0.2, 0.25) is 0 Å². The molecule has 1 fully saturated rings. The van der Waals surface area contributed by atoms with Crippen LogP contribution in [-0.2, 0) is 0 Å². The standard InChI is InChI=1S/C24H21FN4OS/c25-20-9-5-4-8-18(20)24(30)29-12-10-17(11-13-29)28-22-19-14-21(16-6-2-1-3-7-16)31-23(19)27-15-26-22/h1-9,14-15,17H,10-13H2,(H,26,27,28). The van der Waals surface area contributed by atoms with Gasteiger partial charge in [-0.3, -0.25) is 4.79 Å². The minimum atomic E-state index is -0.470. The maximum atomic E-state index is 14.0. The summed E-state index contributed by atoms with van der Waals surface area (Å²) in [6.07, 6.45) is 3.15. The molecule has 1 aliphatic rings. The number of anilines is 1. The number of fused-ring (bicyclic) bond motifs is 1. The van der Waals surface area contributed by atoms with Gasteiger partial charge in [-0.05, 0) is 36.6 Å². The molecule has 5 rings (SSSR count). The van der Waals surface area contributed by atoms with Gasteiger partial charge in [-0.25, -0.2) is 14.4 Å². The number of hydrogen-bond donors (Lipinski definition) is 1. The molecule has 2 aromatic carbocycles. The highest BCUT2D eigenvalue weighted by Crippen LogP contribution is 2.35. The van der Waals surface area contributed by atoms with Gasteiger partial charge >= 0.3 is 0 Å². The number of halogens is 1. The van der Waals surface area contributed by atoms with E-state index < -0.39 is 5.82 Å². The molecule has 4 aromatic rings. The van der Waals surface area contributed by atoms with E-state index in [-0.39, 0.29) is 17.5 Å². The summed E-state index contributed by atoms with van der Waals surface area (Å²) < 4.78 is 14.0. The van der Waals surface area contributed by atoms with E-state index in [1.165, 1.54) is 6.07 Å². The number of carbonyl (C=O) groups excluding carboxylic acids is 1. The molecule has 1 N–H and O–H groups in total. The molecule has 0 aliphatic carbocycles. The summed E-state index contributed by atoms with van der Waals surface area (Å²) in [6.45, 7) is 1.16. The number of benzene rings is 2. The number of rotatable bonds is 4. The van der Waals surface area contributed by atoms with Crippen LogP contribution in [0.1, 0.15) is 23.2 Å². The second-order valence-electron chi connectivity index (χ2n) is 7.61.